The van der Waals surface area contributed by atoms with Gasteiger partial charge in [0, 0.05) is 24.1 Å². The second-order valence-electron chi connectivity index (χ2n) is 5.96. The smallest absolute Gasteiger partial charge is 0.335 e. The second kappa shape index (κ2) is 6.64. The lowest BCUT2D eigenvalue weighted by molar-refractivity contribution is 0.248. The number of aromatic nitrogens is 2. The maximum absolute atomic E-state index is 12.0. The van der Waals surface area contributed by atoms with Crippen LogP contribution >= 0.6 is 0 Å². The van der Waals surface area contributed by atoms with Crippen molar-refractivity contribution in [2.24, 2.45) is 5.92 Å². The number of anilines is 1. The molecule has 120 valence electrons. The summed E-state index contributed by atoms with van der Waals surface area (Å²) >= 11 is 0. The van der Waals surface area contributed by atoms with Crippen LogP contribution in [0.15, 0.2) is 47.5 Å². The van der Waals surface area contributed by atoms with E-state index in [1.54, 1.807) is 12.3 Å². The van der Waals surface area contributed by atoms with Crippen molar-refractivity contribution in [2.75, 3.05) is 5.32 Å². The highest BCUT2D eigenvalue weighted by atomic mass is 16.2. The Kier molecular flexibility index (Phi) is 4.41. The van der Waals surface area contributed by atoms with Crippen LogP contribution in [0.1, 0.15) is 25.3 Å². The highest BCUT2D eigenvalue weighted by Gasteiger charge is 2.28. The van der Waals surface area contributed by atoms with Gasteiger partial charge in [0.1, 0.15) is 0 Å². The molecule has 1 fully saturated rings. The van der Waals surface area contributed by atoms with Crippen molar-refractivity contribution in [3.8, 4) is 0 Å². The number of hydrogen-bond donors (Lipinski definition) is 2. The molecule has 0 radical (unpaired) electrons. The monoisotopic (exact) mass is 312 g/mol. The third-order valence-corrected chi connectivity index (χ3v) is 4.01. The summed E-state index contributed by atoms with van der Waals surface area (Å²) in [4.78, 5) is 27.4. The number of rotatable bonds is 5. The lowest BCUT2D eigenvalue weighted by Gasteiger charge is -2.14. The van der Waals surface area contributed by atoms with Crippen LogP contribution in [0.25, 0.3) is 0 Å². The summed E-state index contributed by atoms with van der Waals surface area (Å²) in [5.74, 6) is 0.615. The first-order valence-electron chi connectivity index (χ1n) is 7.80. The van der Waals surface area contributed by atoms with E-state index in [1.165, 1.54) is 23.6 Å². The number of nitrogens with zero attached hydrogens (tertiary/aromatic N) is 2. The Morgan fingerprint density at radius 2 is 2.22 bits per heavy atom. The average molecular weight is 312 g/mol. The zero-order valence-electron chi connectivity index (χ0n) is 13.0. The summed E-state index contributed by atoms with van der Waals surface area (Å²) in [5, 5.41) is 5.80. The molecular formula is C17H20N4O2. The molecule has 6 nitrogen and oxygen atoms in total. The van der Waals surface area contributed by atoms with Crippen LogP contribution in [-0.2, 0) is 6.54 Å². The number of carbonyl (C=O) groups excluding carboxylic acids is 1. The third-order valence-electron chi connectivity index (χ3n) is 4.01. The zero-order chi connectivity index (χ0) is 16.2. The fourth-order valence-corrected chi connectivity index (χ4v) is 2.54. The van der Waals surface area contributed by atoms with Gasteiger partial charge in [0.2, 0.25) is 0 Å². The van der Waals surface area contributed by atoms with Crippen molar-refractivity contribution in [3.05, 3.63) is 58.8 Å². The van der Waals surface area contributed by atoms with Crippen molar-refractivity contribution in [1.82, 2.24) is 14.9 Å². The Morgan fingerprint density at radius 3 is 2.96 bits per heavy atom. The number of urea groups is 1. The van der Waals surface area contributed by atoms with E-state index in [4.69, 9.17) is 0 Å². The highest BCUT2D eigenvalue weighted by molar-refractivity contribution is 5.89. The van der Waals surface area contributed by atoms with Gasteiger partial charge in [-0.2, -0.15) is 0 Å². The second-order valence-corrected chi connectivity index (χ2v) is 5.96. The van der Waals surface area contributed by atoms with Crippen LogP contribution in [-0.4, -0.2) is 21.6 Å². The van der Waals surface area contributed by atoms with Gasteiger partial charge in [0.25, 0.3) is 0 Å². The lowest BCUT2D eigenvalue weighted by atomic mass is 10.2. The average Bonchev–Trinajstić information content (AvgIpc) is 3.34. The van der Waals surface area contributed by atoms with Gasteiger partial charge >= 0.3 is 11.7 Å². The van der Waals surface area contributed by atoms with Crippen LogP contribution in [0.2, 0.25) is 0 Å². The molecule has 1 atom stereocenters. The minimum absolute atomic E-state index is 0.194. The lowest BCUT2D eigenvalue weighted by Crippen LogP contribution is -2.37. The Morgan fingerprint density at radius 1 is 1.39 bits per heavy atom. The summed E-state index contributed by atoms with van der Waals surface area (Å²) < 4.78 is 1.52. The Balaban J connectivity index is 1.64. The summed E-state index contributed by atoms with van der Waals surface area (Å²) in [6.07, 6.45) is 5.55. The van der Waals surface area contributed by atoms with E-state index in [-0.39, 0.29) is 17.8 Å². The molecular weight excluding hydrogens is 292 g/mol. The van der Waals surface area contributed by atoms with E-state index >= 15 is 0 Å². The van der Waals surface area contributed by atoms with Gasteiger partial charge in [-0.15, -0.1) is 0 Å². The van der Waals surface area contributed by atoms with E-state index in [9.17, 15) is 9.59 Å². The van der Waals surface area contributed by atoms with E-state index in [1.807, 2.05) is 31.2 Å². The standard InChI is InChI=1S/C17H20N4O2/c1-12(14-6-7-14)19-16(22)20-15-5-2-4-13(10-15)11-21-9-3-8-18-17(21)23/h2-5,8-10,12,14H,6-7,11H2,1H3,(H2,19,20,22)/t12-/m0/s1. The summed E-state index contributed by atoms with van der Waals surface area (Å²) in [7, 11) is 0. The molecule has 1 saturated carbocycles. The van der Waals surface area contributed by atoms with E-state index in [2.05, 4.69) is 15.6 Å². The number of benzene rings is 1. The Labute approximate surface area is 134 Å². The molecule has 0 saturated heterocycles. The van der Waals surface area contributed by atoms with E-state index in [0.717, 1.165) is 5.56 Å². The Bertz CT molecular complexity index is 752. The topological polar surface area (TPSA) is 76.0 Å². The molecule has 1 aromatic heterocycles. The molecule has 1 aliphatic carbocycles. The molecule has 2 aromatic rings. The fraction of sp³-hybridized carbons (Fsp3) is 0.353. The molecule has 2 N–H and O–H groups in total. The Hall–Kier alpha value is -2.63. The largest absolute Gasteiger partial charge is 0.347 e. The molecule has 0 aliphatic heterocycles. The maximum atomic E-state index is 12.0. The third kappa shape index (κ3) is 4.18. The SMILES string of the molecule is C[C@H](NC(=O)Nc1cccc(Cn2cccnc2=O)c1)C1CC1. The predicted molar refractivity (Wildman–Crippen MR) is 88.4 cm³/mol. The minimum atomic E-state index is -0.290. The van der Waals surface area contributed by atoms with Crippen molar-refractivity contribution in [2.45, 2.75) is 32.4 Å². The first kappa shape index (κ1) is 15.3. The van der Waals surface area contributed by atoms with Crippen molar-refractivity contribution >= 4 is 11.7 Å². The van der Waals surface area contributed by atoms with Crippen molar-refractivity contribution < 1.29 is 4.79 Å². The molecule has 6 heteroatoms. The van der Waals surface area contributed by atoms with Crippen molar-refractivity contribution in [1.29, 1.82) is 0 Å². The molecule has 1 aromatic carbocycles. The first-order chi connectivity index (χ1) is 11.1. The highest BCUT2D eigenvalue weighted by Crippen LogP contribution is 2.32. The quantitative estimate of drug-likeness (QED) is 0.889. The van der Waals surface area contributed by atoms with Gasteiger partial charge in [-0.1, -0.05) is 12.1 Å². The molecule has 3 rings (SSSR count). The number of hydrogen-bond acceptors (Lipinski definition) is 3. The summed E-state index contributed by atoms with van der Waals surface area (Å²) in [6, 6.07) is 9.19. The van der Waals surface area contributed by atoms with Crippen molar-refractivity contribution in [3.63, 3.8) is 0 Å². The molecule has 0 unspecified atom stereocenters. The predicted octanol–water partition coefficient (Wildman–Crippen LogP) is 2.21. The molecule has 2 amide bonds. The van der Waals surface area contributed by atoms with Gasteiger partial charge in [-0.3, -0.25) is 4.57 Å². The van der Waals surface area contributed by atoms with Gasteiger partial charge in [-0.05, 0) is 49.4 Å². The molecule has 23 heavy (non-hydrogen) atoms. The number of nitrogens with one attached hydrogen (secondary N) is 2. The first-order valence-corrected chi connectivity index (χ1v) is 7.80. The minimum Gasteiger partial charge on any atom is -0.335 e. The molecule has 1 heterocycles. The van der Waals surface area contributed by atoms with Crippen LogP contribution in [0.4, 0.5) is 10.5 Å². The van der Waals surface area contributed by atoms with Crippen LogP contribution < -0.4 is 16.3 Å². The summed E-state index contributed by atoms with van der Waals surface area (Å²) in [6.45, 7) is 2.45. The maximum Gasteiger partial charge on any atom is 0.347 e. The molecule has 1 aliphatic rings. The van der Waals surface area contributed by atoms with Gasteiger partial charge in [0.05, 0.1) is 6.54 Å². The van der Waals surface area contributed by atoms with Gasteiger partial charge < -0.3 is 10.6 Å². The van der Waals surface area contributed by atoms with Crippen LogP contribution in [0.3, 0.4) is 0 Å². The fourth-order valence-electron chi connectivity index (χ4n) is 2.54. The molecule has 0 bridgehead atoms. The molecule has 0 spiro atoms. The van der Waals surface area contributed by atoms with Crippen LogP contribution in [0, 0.1) is 5.92 Å². The van der Waals surface area contributed by atoms with Gasteiger partial charge in [0.15, 0.2) is 0 Å². The summed E-state index contributed by atoms with van der Waals surface area (Å²) in [5.41, 5.74) is 1.34. The van der Waals surface area contributed by atoms with E-state index in [0.29, 0.717) is 18.2 Å². The normalized spacial score (nSPS) is 15.0. The van der Waals surface area contributed by atoms with Crippen LogP contribution in [0.5, 0.6) is 0 Å². The van der Waals surface area contributed by atoms with E-state index < -0.39 is 0 Å². The van der Waals surface area contributed by atoms with Gasteiger partial charge in [-0.25, -0.2) is 14.6 Å². The number of amides is 2. The zero-order valence-corrected chi connectivity index (χ0v) is 13.0. The number of carbonyl (C=O) groups is 1.